The number of hydrogen-bond acceptors (Lipinski definition) is 5. The lowest BCUT2D eigenvalue weighted by molar-refractivity contribution is -0.142. The average Bonchev–Trinajstić information content (AvgIpc) is 2.62. The fourth-order valence-corrected chi connectivity index (χ4v) is 2.10. The summed E-state index contributed by atoms with van der Waals surface area (Å²) >= 11 is 0. The van der Waals surface area contributed by atoms with Gasteiger partial charge in [0.1, 0.15) is 23.9 Å². The van der Waals surface area contributed by atoms with Crippen LogP contribution in [0.3, 0.4) is 0 Å². The van der Waals surface area contributed by atoms with Gasteiger partial charge in [-0.25, -0.2) is 9.18 Å². The molecule has 5 nitrogen and oxygen atoms in total. The van der Waals surface area contributed by atoms with Gasteiger partial charge in [-0.2, -0.15) is 0 Å². The highest BCUT2D eigenvalue weighted by Crippen LogP contribution is 2.27. The highest BCUT2D eigenvalue weighted by molar-refractivity contribution is 5.87. The third-order valence-corrected chi connectivity index (χ3v) is 3.46. The molecule has 0 amide bonds. The summed E-state index contributed by atoms with van der Waals surface area (Å²) in [5.41, 5.74) is 1.30. The Kier molecular flexibility index (Phi) is 6.49. The zero-order chi connectivity index (χ0) is 19.1. The van der Waals surface area contributed by atoms with Crippen LogP contribution in [0.1, 0.15) is 13.3 Å². The molecule has 26 heavy (non-hydrogen) atoms. The molecule has 6 heteroatoms. The van der Waals surface area contributed by atoms with Gasteiger partial charge in [0.15, 0.2) is 0 Å². The monoisotopic (exact) mass is 358 g/mol. The molecule has 0 saturated carbocycles. The van der Waals surface area contributed by atoms with Gasteiger partial charge in [-0.1, -0.05) is 18.7 Å². The normalized spacial score (nSPS) is 10.1. The minimum atomic E-state index is -0.629. The Bertz CT molecular complexity index is 811. The summed E-state index contributed by atoms with van der Waals surface area (Å²) in [7, 11) is 1.55. The van der Waals surface area contributed by atoms with Gasteiger partial charge in [-0.15, -0.1) is 0 Å². The van der Waals surface area contributed by atoms with Gasteiger partial charge in [-0.3, -0.25) is 4.79 Å². The first kappa shape index (κ1) is 19.2. The van der Waals surface area contributed by atoms with Crippen molar-refractivity contribution < 1.29 is 28.2 Å². The Morgan fingerprint density at radius 2 is 1.73 bits per heavy atom. The molecule has 0 N–H and O–H groups in total. The minimum absolute atomic E-state index is 0.0796. The molecule has 136 valence electrons. The minimum Gasteiger partial charge on any atom is -0.497 e. The van der Waals surface area contributed by atoms with E-state index >= 15 is 0 Å². The first-order valence-electron chi connectivity index (χ1n) is 7.88. The fourth-order valence-electron chi connectivity index (χ4n) is 2.10. The zero-order valence-corrected chi connectivity index (χ0v) is 14.6. The lowest BCUT2D eigenvalue weighted by Gasteiger charge is -2.08. The van der Waals surface area contributed by atoms with Crippen molar-refractivity contribution in [3.63, 3.8) is 0 Å². The van der Waals surface area contributed by atoms with Crippen molar-refractivity contribution in [3.05, 3.63) is 60.4 Å². The summed E-state index contributed by atoms with van der Waals surface area (Å²) in [5, 5.41) is 0. The van der Waals surface area contributed by atoms with Crippen molar-refractivity contribution in [1.82, 2.24) is 0 Å². The molecule has 2 rings (SSSR count). The summed E-state index contributed by atoms with van der Waals surface area (Å²) < 4.78 is 29.2. The number of benzene rings is 2. The molecule has 0 unspecified atom stereocenters. The molecule has 0 radical (unpaired) electrons. The van der Waals surface area contributed by atoms with Crippen molar-refractivity contribution in [2.45, 2.75) is 13.3 Å². The van der Waals surface area contributed by atoms with Crippen molar-refractivity contribution >= 4 is 11.9 Å². The van der Waals surface area contributed by atoms with E-state index in [-0.39, 0.29) is 24.4 Å². The molecular weight excluding hydrogens is 339 g/mol. The summed E-state index contributed by atoms with van der Waals surface area (Å²) in [5.74, 6) is -0.971. The van der Waals surface area contributed by atoms with E-state index in [4.69, 9.17) is 14.2 Å². The van der Waals surface area contributed by atoms with Crippen molar-refractivity contribution in [1.29, 1.82) is 0 Å². The quantitative estimate of drug-likeness (QED) is 0.426. The second kappa shape index (κ2) is 8.80. The molecule has 0 aromatic heterocycles. The summed E-state index contributed by atoms with van der Waals surface area (Å²) in [6, 6.07) is 11.1. The number of rotatable bonds is 7. The zero-order valence-electron chi connectivity index (χ0n) is 14.6. The fraction of sp³-hybridized carbons (Fsp3) is 0.200. The van der Waals surface area contributed by atoms with Crippen LogP contribution in [0.5, 0.6) is 11.5 Å². The Morgan fingerprint density at radius 1 is 1.08 bits per heavy atom. The van der Waals surface area contributed by atoms with E-state index in [1.807, 2.05) is 0 Å². The van der Waals surface area contributed by atoms with Crippen LogP contribution in [0.2, 0.25) is 0 Å². The number of ether oxygens (including phenoxy) is 3. The lowest BCUT2D eigenvalue weighted by atomic mass is 10.0. The third-order valence-electron chi connectivity index (χ3n) is 3.46. The van der Waals surface area contributed by atoms with E-state index in [1.54, 1.807) is 31.4 Å². The van der Waals surface area contributed by atoms with Gasteiger partial charge in [0.2, 0.25) is 0 Å². The van der Waals surface area contributed by atoms with E-state index in [2.05, 4.69) is 6.58 Å². The number of esters is 2. The van der Waals surface area contributed by atoms with Crippen LogP contribution >= 0.6 is 0 Å². The summed E-state index contributed by atoms with van der Waals surface area (Å²) in [6.07, 6.45) is -0.138. The third kappa shape index (κ3) is 5.17. The van der Waals surface area contributed by atoms with E-state index in [0.717, 1.165) is 6.07 Å². The van der Waals surface area contributed by atoms with Gasteiger partial charge < -0.3 is 14.2 Å². The van der Waals surface area contributed by atoms with Crippen LogP contribution < -0.4 is 9.47 Å². The molecule has 0 aliphatic carbocycles. The predicted molar refractivity (Wildman–Crippen MR) is 94.4 cm³/mol. The van der Waals surface area contributed by atoms with Crippen LogP contribution in [-0.4, -0.2) is 25.7 Å². The molecule has 0 fully saturated rings. The largest absolute Gasteiger partial charge is 0.497 e. The molecule has 0 saturated heterocycles. The molecule has 0 heterocycles. The standard InChI is InChI=1S/C20H19FO5/c1-13(2)20(23)25-11-10-19(22)26-16-8-9-17(18(21)12-16)14-4-6-15(24-3)7-5-14/h4-9,12H,1,10-11H2,2-3H3. The van der Waals surface area contributed by atoms with E-state index in [1.165, 1.54) is 19.1 Å². The van der Waals surface area contributed by atoms with Gasteiger partial charge in [0.05, 0.1) is 13.5 Å². The Labute approximate surface area is 151 Å². The summed E-state index contributed by atoms with van der Waals surface area (Å²) in [4.78, 5) is 22.9. The number of methoxy groups -OCH3 is 1. The Morgan fingerprint density at radius 3 is 2.31 bits per heavy atom. The van der Waals surface area contributed by atoms with Gasteiger partial charge >= 0.3 is 11.9 Å². The number of carbonyl (C=O) groups is 2. The van der Waals surface area contributed by atoms with Gasteiger partial charge in [0.25, 0.3) is 0 Å². The molecule has 0 aliphatic rings. The molecule has 2 aromatic carbocycles. The average molecular weight is 358 g/mol. The molecule has 0 bridgehead atoms. The summed E-state index contributed by atoms with van der Waals surface area (Å²) in [6.45, 7) is 4.81. The van der Waals surface area contributed by atoms with Crippen LogP contribution in [0.15, 0.2) is 54.6 Å². The highest BCUT2D eigenvalue weighted by Gasteiger charge is 2.11. The maximum Gasteiger partial charge on any atom is 0.333 e. The van der Waals surface area contributed by atoms with Crippen LogP contribution in [0.25, 0.3) is 11.1 Å². The van der Waals surface area contributed by atoms with Gasteiger partial charge in [-0.05, 0) is 36.8 Å². The highest BCUT2D eigenvalue weighted by atomic mass is 19.1. The van der Waals surface area contributed by atoms with E-state index in [9.17, 15) is 14.0 Å². The molecular formula is C20H19FO5. The van der Waals surface area contributed by atoms with Gasteiger partial charge in [0, 0.05) is 17.2 Å². The van der Waals surface area contributed by atoms with Crippen molar-refractivity contribution in [2.24, 2.45) is 0 Å². The van der Waals surface area contributed by atoms with E-state index < -0.39 is 17.8 Å². The van der Waals surface area contributed by atoms with Crippen molar-refractivity contribution in [3.8, 4) is 22.6 Å². The van der Waals surface area contributed by atoms with Crippen LogP contribution in [0.4, 0.5) is 4.39 Å². The second-order valence-corrected chi connectivity index (χ2v) is 5.51. The maximum atomic E-state index is 14.3. The lowest BCUT2D eigenvalue weighted by Crippen LogP contribution is -2.14. The molecule has 2 aromatic rings. The Balaban J connectivity index is 1.97. The van der Waals surface area contributed by atoms with Crippen LogP contribution in [0, 0.1) is 5.82 Å². The smallest absolute Gasteiger partial charge is 0.333 e. The first-order valence-corrected chi connectivity index (χ1v) is 7.88. The van der Waals surface area contributed by atoms with Crippen molar-refractivity contribution in [2.75, 3.05) is 13.7 Å². The maximum absolute atomic E-state index is 14.3. The molecule has 0 atom stereocenters. The first-order chi connectivity index (χ1) is 12.4. The Hall–Kier alpha value is -3.15. The topological polar surface area (TPSA) is 61.8 Å². The number of carbonyl (C=O) groups excluding carboxylic acids is 2. The SMILES string of the molecule is C=C(C)C(=O)OCCC(=O)Oc1ccc(-c2ccc(OC)cc2)c(F)c1. The van der Waals surface area contributed by atoms with Crippen LogP contribution in [-0.2, 0) is 14.3 Å². The number of halogens is 1. The van der Waals surface area contributed by atoms with E-state index in [0.29, 0.717) is 16.9 Å². The predicted octanol–water partition coefficient (Wildman–Crippen LogP) is 3.92. The second-order valence-electron chi connectivity index (χ2n) is 5.51. The molecule has 0 spiro atoms. The molecule has 0 aliphatic heterocycles. The number of hydrogen-bond donors (Lipinski definition) is 0.